The van der Waals surface area contributed by atoms with E-state index in [0.29, 0.717) is 26.5 Å². The molecule has 0 fully saturated rings. The van der Waals surface area contributed by atoms with Crippen molar-refractivity contribution in [2.75, 3.05) is 12.0 Å². The second kappa shape index (κ2) is 10.7. The van der Waals surface area contributed by atoms with E-state index >= 15 is 0 Å². The fraction of sp³-hybridized carbons (Fsp3) is 0.120. The Bertz CT molecular complexity index is 1540. The summed E-state index contributed by atoms with van der Waals surface area (Å²) in [6.07, 6.45) is 1.39. The van der Waals surface area contributed by atoms with E-state index in [-0.39, 0.29) is 34.1 Å². The number of rotatable bonds is 7. The van der Waals surface area contributed by atoms with E-state index in [4.69, 9.17) is 44.0 Å². The lowest BCUT2D eigenvalue weighted by atomic mass is 10.1. The molecule has 1 aliphatic rings. The minimum atomic E-state index is -3.81. The van der Waals surface area contributed by atoms with Crippen molar-refractivity contribution in [2.24, 2.45) is 0 Å². The number of anilines is 1. The molecule has 0 unspecified atom stereocenters. The summed E-state index contributed by atoms with van der Waals surface area (Å²) in [4.78, 5) is 27.3. The Balaban J connectivity index is 1.61. The summed E-state index contributed by atoms with van der Waals surface area (Å²) in [5.74, 6) is -0.717. The lowest BCUT2D eigenvalue weighted by Gasteiger charge is -2.18. The van der Waals surface area contributed by atoms with Gasteiger partial charge < -0.3 is 9.15 Å². The van der Waals surface area contributed by atoms with Crippen molar-refractivity contribution in [3.63, 3.8) is 0 Å². The SMILES string of the molecule is COC(=O)C1=C(C)N(c2cc(Cl)cc(Cl)c2)C(=O)/C1=C/c1ccc(CNS(=O)(=O)c2ccc(Cl)cc2)o1. The van der Waals surface area contributed by atoms with Gasteiger partial charge >= 0.3 is 5.97 Å². The Morgan fingerprint density at radius 3 is 2.30 bits per heavy atom. The molecule has 192 valence electrons. The normalized spacial score (nSPS) is 15.1. The first-order chi connectivity index (χ1) is 17.5. The fourth-order valence-corrected chi connectivity index (χ4v) is 5.37. The summed E-state index contributed by atoms with van der Waals surface area (Å²) in [6.45, 7) is 1.45. The number of ether oxygens (including phenoxy) is 1. The van der Waals surface area contributed by atoms with Crippen LogP contribution < -0.4 is 9.62 Å². The minimum absolute atomic E-state index is 0.0306. The highest BCUT2D eigenvalue weighted by atomic mass is 35.5. The number of nitrogens with one attached hydrogen (secondary N) is 1. The molecule has 2 heterocycles. The topological polar surface area (TPSA) is 106 Å². The van der Waals surface area contributed by atoms with Crippen LogP contribution in [0.15, 0.2) is 80.8 Å². The number of carbonyl (C=O) groups is 2. The van der Waals surface area contributed by atoms with Crippen molar-refractivity contribution in [1.82, 2.24) is 4.72 Å². The lowest BCUT2D eigenvalue weighted by molar-refractivity contribution is -0.136. The van der Waals surface area contributed by atoms with E-state index < -0.39 is 21.9 Å². The number of hydrogen-bond acceptors (Lipinski definition) is 6. The van der Waals surface area contributed by atoms with Crippen LogP contribution in [0.4, 0.5) is 5.69 Å². The Labute approximate surface area is 228 Å². The smallest absolute Gasteiger partial charge is 0.340 e. The Hall–Kier alpha value is -3.08. The van der Waals surface area contributed by atoms with Gasteiger partial charge in [-0.1, -0.05) is 34.8 Å². The highest BCUT2D eigenvalue weighted by molar-refractivity contribution is 7.89. The highest BCUT2D eigenvalue weighted by Crippen LogP contribution is 2.37. The number of nitrogens with zero attached hydrogens (tertiary/aromatic N) is 1. The molecule has 0 saturated heterocycles. The van der Waals surface area contributed by atoms with Gasteiger partial charge in [0.25, 0.3) is 5.91 Å². The summed E-state index contributed by atoms with van der Waals surface area (Å²) in [7, 11) is -2.60. The maximum atomic E-state index is 13.4. The first kappa shape index (κ1) is 27.0. The number of carbonyl (C=O) groups excluding carboxylic acids is 2. The zero-order chi connectivity index (χ0) is 26.9. The number of furan rings is 1. The number of hydrogen-bond donors (Lipinski definition) is 1. The van der Waals surface area contributed by atoms with E-state index in [2.05, 4.69) is 4.72 Å². The molecule has 37 heavy (non-hydrogen) atoms. The maximum Gasteiger partial charge on any atom is 0.340 e. The number of esters is 1. The maximum absolute atomic E-state index is 13.4. The molecule has 1 aliphatic heterocycles. The van der Waals surface area contributed by atoms with Crippen LogP contribution in [-0.2, 0) is 30.9 Å². The minimum Gasteiger partial charge on any atom is -0.465 e. The van der Waals surface area contributed by atoms with Crippen molar-refractivity contribution in [3.8, 4) is 0 Å². The second-order valence-corrected chi connectivity index (χ2v) is 10.9. The summed E-state index contributed by atoms with van der Waals surface area (Å²) in [5.41, 5.74) is 0.776. The van der Waals surface area contributed by atoms with Gasteiger partial charge in [0, 0.05) is 20.8 Å². The zero-order valence-corrected chi connectivity index (χ0v) is 22.5. The van der Waals surface area contributed by atoms with Gasteiger partial charge in [-0.15, -0.1) is 0 Å². The fourth-order valence-electron chi connectivity index (χ4n) is 3.73. The Morgan fingerprint density at radius 1 is 1.03 bits per heavy atom. The molecule has 0 radical (unpaired) electrons. The summed E-state index contributed by atoms with van der Waals surface area (Å²) >= 11 is 18.0. The molecule has 0 atom stereocenters. The lowest BCUT2D eigenvalue weighted by Crippen LogP contribution is -2.24. The monoisotopic (exact) mass is 580 g/mol. The molecule has 0 spiro atoms. The van der Waals surface area contributed by atoms with Gasteiger partial charge in [0.2, 0.25) is 10.0 Å². The van der Waals surface area contributed by atoms with Gasteiger partial charge in [0.05, 0.1) is 35.4 Å². The number of sulfonamides is 1. The first-order valence-corrected chi connectivity index (χ1v) is 13.3. The molecule has 8 nitrogen and oxygen atoms in total. The van der Waals surface area contributed by atoms with Gasteiger partial charge in [0.15, 0.2) is 0 Å². The molecule has 0 saturated carbocycles. The molecular formula is C25H19Cl3N2O6S. The molecular weight excluding hydrogens is 563 g/mol. The van der Waals surface area contributed by atoms with Crippen molar-refractivity contribution < 1.29 is 27.2 Å². The first-order valence-electron chi connectivity index (χ1n) is 10.7. The van der Waals surface area contributed by atoms with Crippen LogP contribution in [0.3, 0.4) is 0 Å². The van der Waals surface area contributed by atoms with Crippen LogP contribution in [0.5, 0.6) is 0 Å². The predicted molar refractivity (Wildman–Crippen MR) is 141 cm³/mol. The number of allylic oxidation sites excluding steroid dienone is 1. The molecule has 0 bridgehead atoms. The van der Waals surface area contributed by atoms with Crippen LogP contribution in [0.1, 0.15) is 18.4 Å². The van der Waals surface area contributed by atoms with Crippen LogP contribution in [-0.4, -0.2) is 27.4 Å². The van der Waals surface area contributed by atoms with Crippen LogP contribution in [0, 0.1) is 0 Å². The van der Waals surface area contributed by atoms with E-state index in [1.165, 1.54) is 48.4 Å². The van der Waals surface area contributed by atoms with Gasteiger partial charge in [-0.05, 0) is 67.6 Å². The van der Waals surface area contributed by atoms with E-state index in [1.807, 2.05) is 0 Å². The zero-order valence-electron chi connectivity index (χ0n) is 19.4. The summed E-state index contributed by atoms with van der Waals surface area (Å²) in [6, 6.07) is 13.4. The molecule has 0 aliphatic carbocycles. The number of halogens is 3. The average Bonchev–Trinajstić information content (AvgIpc) is 3.38. The van der Waals surface area contributed by atoms with Gasteiger partial charge in [-0.3, -0.25) is 9.69 Å². The largest absolute Gasteiger partial charge is 0.465 e. The third-order valence-electron chi connectivity index (χ3n) is 5.42. The Morgan fingerprint density at radius 2 is 1.68 bits per heavy atom. The number of amides is 1. The molecule has 12 heteroatoms. The van der Waals surface area contributed by atoms with Gasteiger partial charge in [-0.25, -0.2) is 17.9 Å². The highest BCUT2D eigenvalue weighted by Gasteiger charge is 2.38. The summed E-state index contributed by atoms with van der Waals surface area (Å²) < 4.78 is 38.1. The third-order valence-corrected chi connectivity index (χ3v) is 7.53. The van der Waals surface area contributed by atoms with Crippen molar-refractivity contribution in [2.45, 2.75) is 18.4 Å². The van der Waals surface area contributed by atoms with Crippen molar-refractivity contribution in [3.05, 3.63) is 98.0 Å². The molecule has 2 aromatic carbocycles. The third kappa shape index (κ3) is 5.76. The van der Waals surface area contributed by atoms with E-state index in [9.17, 15) is 18.0 Å². The van der Waals surface area contributed by atoms with Crippen LogP contribution in [0.2, 0.25) is 15.1 Å². The molecule has 4 rings (SSSR count). The van der Waals surface area contributed by atoms with E-state index in [0.717, 1.165) is 0 Å². The molecule has 3 aromatic rings. The molecule has 1 aromatic heterocycles. The van der Waals surface area contributed by atoms with Gasteiger partial charge in [-0.2, -0.15) is 0 Å². The van der Waals surface area contributed by atoms with E-state index in [1.54, 1.807) is 31.2 Å². The standard InChI is InChI=1S/C25H19Cl3N2O6S/c1-14-23(25(32)35-2)22(24(31)30(14)18-10-16(27)9-17(28)11-18)12-19-5-6-20(36-19)13-29-37(33,34)21-7-3-15(26)4-8-21/h3-12,29H,13H2,1-2H3/b22-12+. The predicted octanol–water partition coefficient (Wildman–Crippen LogP) is 5.60. The van der Waals surface area contributed by atoms with Gasteiger partial charge in [0.1, 0.15) is 11.5 Å². The average molecular weight is 582 g/mol. The molecule has 1 amide bonds. The van der Waals surface area contributed by atoms with Crippen molar-refractivity contribution in [1.29, 1.82) is 0 Å². The molecule has 1 N–H and O–H groups in total. The quantitative estimate of drug-likeness (QED) is 0.288. The summed E-state index contributed by atoms with van der Waals surface area (Å²) in [5, 5.41) is 1.05. The number of benzene rings is 2. The second-order valence-electron chi connectivity index (χ2n) is 7.86. The number of methoxy groups -OCH3 is 1. The van der Waals surface area contributed by atoms with Crippen LogP contribution in [0.25, 0.3) is 6.08 Å². The Kier molecular flexibility index (Phi) is 7.82. The van der Waals surface area contributed by atoms with Crippen molar-refractivity contribution >= 4 is 68.5 Å². The van der Waals surface area contributed by atoms with Crippen LogP contribution >= 0.6 is 34.8 Å².